The highest BCUT2D eigenvalue weighted by atomic mass is 35.5. The number of nitrogens with zero attached hydrogens (tertiary/aromatic N) is 3. The average Bonchev–Trinajstić information content (AvgIpc) is 3.28. The smallest absolute Gasteiger partial charge is 0.262 e. The standard InChI is InChI=1S/C21H20ClN3O3S2/c22-18-19(25-10-11-29-20(25)23-18)30(27,28)24-9-7-16-12-17(26)6-8-21(16,14-24)13-15-4-2-1-3-5-15/h1-5,10-12H,6-9,13-14H2. The number of thiazole rings is 1. The molecule has 1 aromatic carbocycles. The largest absolute Gasteiger partial charge is 0.295 e. The van der Waals surface area contributed by atoms with Gasteiger partial charge in [0.1, 0.15) is 0 Å². The van der Waals surface area contributed by atoms with Crippen molar-refractivity contribution in [2.24, 2.45) is 5.41 Å². The van der Waals surface area contributed by atoms with Crippen LogP contribution in [-0.4, -0.2) is 41.0 Å². The maximum atomic E-state index is 13.6. The van der Waals surface area contributed by atoms with Crippen molar-refractivity contribution >= 4 is 43.7 Å². The normalized spacial score (nSPS) is 22.8. The third kappa shape index (κ3) is 3.22. The minimum atomic E-state index is -3.84. The van der Waals surface area contributed by atoms with Crippen molar-refractivity contribution in [3.05, 3.63) is 64.3 Å². The second-order valence-electron chi connectivity index (χ2n) is 7.93. The molecule has 2 aliphatic rings. The number of benzene rings is 1. The number of piperidine rings is 1. The van der Waals surface area contributed by atoms with Crippen molar-refractivity contribution in [3.8, 4) is 0 Å². The van der Waals surface area contributed by atoms with E-state index in [1.54, 1.807) is 22.1 Å². The van der Waals surface area contributed by atoms with Crippen LogP contribution in [0.1, 0.15) is 24.8 Å². The summed E-state index contributed by atoms with van der Waals surface area (Å²) in [5.74, 6) is 0.129. The Balaban J connectivity index is 1.55. The third-order valence-corrected chi connectivity index (χ3v) is 9.13. The summed E-state index contributed by atoms with van der Waals surface area (Å²) in [6.45, 7) is 0.655. The summed E-state index contributed by atoms with van der Waals surface area (Å²) in [5.41, 5.74) is 1.82. The molecule has 5 rings (SSSR count). The van der Waals surface area contributed by atoms with Crippen molar-refractivity contribution in [1.82, 2.24) is 13.7 Å². The van der Waals surface area contributed by atoms with Crippen LogP contribution in [0.15, 0.2) is 58.6 Å². The molecule has 1 unspecified atom stereocenters. The Kier molecular flexibility index (Phi) is 4.85. The van der Waals surface area contributed by atoms with Gasteiger partial charge in [0.05, 0.1) is 0 Å². The Bertz CT molecular complexity index is 1260. The van der Waals surface area contributed by atoms with Crippen LogP contribution in [0.5, 0.6) is 0 Å². The molecule has 0 bridgehead atoms. The summed E-state index contributed by atoms with van der Waals surface area (Å²) in [6.07, 6.45) is 5.76. The van der Waals surface area contributed by atoms with Crippen LogP contribution >= 0.6 is 22.9 Å². The molecule has 0 amide bonds. The van der Waals surface area contributed by atoms with E-state index >= 15 is 0 Å². The number of aromatic nitrogens is 2. The topological polar surface area (TPSA) is 71.8 Å². The van der Waals surface area contributed by atoms with Gasteiger partial charge >= 0.3 is 0 Å². The fourth-order valence-electron chi connectivity index (χ4n) is 4.66. The van der Waals surface area contributed by atoms with E-state index in [0.29, 0.717) is 43.7 Å². The molecule has 1 fully saturated rings. The number of carbonyl (C=O) groups is 1. The van der Waals surface area contributed by atoms with Crippen LogP contribution in [0.25, 0.3) is 4.96 Å². The summed E-state index contributed by atoms with van der Waals surface area (Å²) in [4.78, 5) is 16.9. The molecule has 0 spiro atoms. The molecule has 0 saturated carbocycles. The molecule has 0 N–H and O–H groups in total. The molecule has 9 heteroatoms. The van der Waals surface area contributed by atoms with E-state index < -0.39 is 10.0 Å². The number of sulfonamides is 1. The van der Waals surface area contributed by atoms with Gasteiger partial charge in [0, 0.05) is 36.5 Å². The van der Waals surface area contributed by atoms with Crippen molar-refractivity contribution in [2.45, 2.75) is 30.7 Å². The van der Waals surface area contributed by atoms with Crippen molar-refractivity contribution in [3.63, 3.8) is 0 Å². The zero-order chi connectivity index (χ0) is 20.9. The first kappa shape index (κ1) is 19.9. The van der Waals surface area contributed by atoms with Gasteiger partial charge in [-0.05, 0) is 30.9 Å². The molecule has 1 saturated heterocycles. The SMILES string of the molecule is O=C1C=C2CCN(S(=O)(=O)c3c(Cl)nc4sccn34)CC2(Cc2ccccc2)CC1. The Hall–Kier alpha value is -2.00. The average molecular weight is 462 g/mol. The van der Waals surface area contributed by atoms with Crippen LogP contribution in [0.3, 0.4) is 0 Å². The van der Waals surface area contributed by atoms with Gasteiger partial charge in [0.15, 0.2) is 20.9 Å². The fraction of sp³-hybridized carbons (Fsp3) is 0.333. The summed E-state index contributed by atoms with van der Waals surface area (Å²) in [7, 11) is -3.84. The Labute approximate surface area is 183 Å². The number of fused-ring (bicyclic) bond motifs is 2. The molecule has 0 radical (unpaired) electrons. The van der Waals surface area contributed by atoms with Crippen molar-refractivity contribution in [1.29, 1.82) is 0 Å². The Morgan fingerprint density at radius 1 is 1.20 bits per heavy atom. The minimum absolute atomic E-state index is 0.000814. The van der Waals surface area contributed by atoms with Gasteiger partial charge in [-0.2, -0.15) is 4.31 Å². The van der Waals surface area contributed by atoms with Crippen molar-refractivity contribution < 1.29 is 13.2 Å². The molecule has 156 valence electrons. The van der Waals surface area contributed by atoms with Crippen molar-refractivity contribution in [2.75, 3.05) is 13.1 Å². The molecular formula is C21H20ClN3O3S2. The van der Waals surface area contributed by atoms with E-state index in [1.165, 1.54) is 15.6 Å². The van der Waals surface area contributed by atoms with Gasteiger partial charge in [-0.3, -0.25) is 9.20 Å². The zero-order valence-electron chi connectivity index (χ0n) is 16.1. The fourth-order valence-corrected chi connectivity index (χ4v) is 7.60. The number of allylic oxidation sites excluding steroid dienone is 1. The van der Waals surface area contributed by atoms with Gasteiger partial charge in [0.25, 0.3) is 10.0 Å². The van der Waals surface area contributed by atoms with E-state index in [2.05, 4.69) is 17.1 Å². The summed E-state index contributed by atoms with van der Waals surface area (Å²) in [5, 5.41) is 1.81. The molecular weight excluding hydrogens is 442 g/mol. The van der Waals surface area contributed by atoms with Crippen LogP contribution < -0.4 is 0 Å². The molecule has 6 nitrogen and oxygen atoms in total. The van der Waals surface area contributed by atoms with Gasteiger partial charge < -0.3 is 0 Å². The molecule has 30 heavy (non-hydrogen) atoms. The van der Waals surface area contributed by atoms with Gasteiger partial charge in [-0.15, -0.1) is 11.3 Å². The molecule has 3 aromatic rings. The molecule has 1 aliphatic heterocycles. The summed E-state index contributed by atoms with van der Waals surface area (Å²) in [6, 6.07) is 10.0. The Morgan fingerprint density at radius 2 is 2.00 bits per heavy atom. The summed E-state index contributed by atoms with van der Waals surface area (Å²) < 4.78 is 30.3. The second-order valence-corrected chi connectivity index (χ2v) is 11.0. The highest BCUT2D eigenvalue weighted by Crippen LogP contribution is 2.46. The minimum Gasteiger partial charge on any atom is -0.295 e. The molecule has 2 aromatic heterocycles. The van der Waals surface area contributed by atoms with Crippen LogP contribution in [0.4, 0.5) is 0 Å². The predicted octanol–water partition coefficient (Wildman–Crippen LogP) is 3.96. The van der Waals surface area contributed by atoms with E-state index in [9.17, 15) is 13.2 Å². The maximum absolute atomic E-state index is 13.6. The maximum Gasteiger partial charge on any atom is 0.262 e. The highest BCUT2D eigenvalue weighted by molar-refractivity contribution is 7.89. The van der Waals surface area contributed by atoms with Crippen LogP contribution in [0.2, 0.25) is 5.15 Å². The first-order valence-corrected chi connectivity index (χ1v) is 12.5. The number of imidazole rings is 1. The number of rotatable bonds is 4. The Morgan fingerprint density at radius 3 is 2.80 bits per heavy atom. The van der Waals surface area contributed by atoms with Gasteiger partial charge in [-0.1, -0.05) is 47.5 Å². The number of halogens is 1. The predicted molar refractivity (Wildman–Crippen MR) is 116 cm³/mol. The molecule has 3 heterocycles. The number of hydrogen-bond donors (Lipinski definition) is 0. The quantitative estimate of drug-likeness (QED) is 0.589. The highest BCUT2D eigenvalue weighted by Gasteiger charge is 2.46. The first-order chi connectivity index (χ1) is 14.4. The van der Waals surface area contributed by atoms with E-state index in [1.807, 2.05) is 18.2 Å². The zero-order valence-corrected chi connectivity index (χ0v) is 18.5. The first-order valence-electron chi connectivity index (χ1n) is 9.78. The number of carbonyl (C=O) groups excluding carboxylic acids is 1. The van der Waals surface area contributed by atoms with E-state index in [-0.39, 0.29) is 21.4 Å². The van der Waals surface area contributed by atoms with Crippen LogP contribution in [-0.2, 0) is 21.2 Å². The van der Waals surface area contributed by atoms with Gasteiger partial charge in [-0.25, -0.2) is 13.4 Å². The number of hydrogen-bond acceptors (Lipinski definition) is 5. The van der Waals surface area contributed by atoms with E-state index in [4.69, 9.17) is 11.6 Å². The monoisotopic (exact) mass is 461 g/mol. The number of ketones is 1. The lowest BCUT2D eigenvalue weighted by molar-refractivity contribution is -0.116. The van der Waals surface area contributed by atoms with Gasteiger partial charge in [0.2, 0.25) is 0 Å². The van der Waals surface area contributed by atoms with E-state index in [0.717, 1.165) is 11.1 Å². The molecule has 1 atom stereocenters. The second kappa shape index (κ2) is 7.30. The molecule has 1 aliphatic carbocycles. The third-order valence-electron chi connectivity index (χ3n) is 6.12. The van der Waals surface area contributed by atoms with Crippen LogP contribution in [0, 0.1) is 5.41 Å². The lowest BCUT2D eigenvalue weighted by Crippen LogP contribution is -2.50. The summed E-state index contributed by atoms with van der Waals surface area (Å²) >= 11 is 7.59. The lowest BCUT2D eigenvalue weighted by Gasteiger charge is -2.46. The lowest BCUT2D eigenvalue weighted by atomic mass is 9.66.